The van der Waals surface area contributed by atoms with Gasteiger partial charge in [0.25, 0.3) is 0 Å². The highest BCUT2D eigenvalue weighted by atomic mass is 14.9. The molecule has 0 aliphatic carbocycles. The van der Waals surface area contributed by atoms with Gasteiger partial charge in [0, 0.05) is 37.4 Å². The molecule has 4 heteroatoms. The number of rotatable bonds is 4. The molecule has 82 valence electrons. The van der Waals surface area contributed by atoms with Crippen molar-refractivity contribution in [3.8, 4) is 0 Å². The molecule has 0 unspecified atom stereocenters. The number of nitrogens with zero attached hydrogens (tertiary/aromatic N) is 3. The molecule has 2 rings (SSSR count). The van der Waals surface area contributed by atoms with Gasteiger partial charge in [0.15, 0.2) is 0 Å². The summed E-state index contributed by atoms with van der Waals surface area (Å²) in [5, 5.41) is 3.28. The van der Waals surface area contributed by atoms with Crippen LogP contribution in [0.5, 0.6) is 0 Å². The van der Waals surface area contributed by atoms with Crippen molar-refractivity contribution in [1.82, 2.24) is 20.3 Å². The highest BCUT2D eigenvalue weighted by Gasteiger charge is 1.96. The molecule has 0 bridgehead atoms. The van der Waals surface area contributed by atoms with Gasteiger partial charge < -0.3 is 5.32 Å². The minimum atomic E-state index is 0.712. The van der Waals surface area contributed by atoms with E-state index in [2.05, 4.69) is 20.3 Å². The third-order valence-electron chi connectivity index (χ3n) is 2.17. The summed E-state index contributed by atoms with van der Waals surface area (Å²) in [7, 11) is 0. The van der Waals surface area contributed by atoms with Crippen molar-refractivity contribution in [2.45, 2.75) is 20.0 Å². The number of hydrogen-bond donors (Lipinski definition) is 1. The molecule has 0 fully saturated rings. The summed E-state index contributed by atoms with van der Waals surface area (Å²) in [6, 6.07) is 6.02. The van der Waals surface area contributed by atoms with Crippen molar-refractivity contribution >= 4 is 0 Å². The molecule has 0 saturated heterocycles. The van der Waals surface area contributed by atoms with Gasteiger partial charge in [0.2, 0.25) is 0 Å². The van der Waals surface area contributed by atoms with Crippen LogP contribution in [0.4, 0.5) is 0 Å². The largest absolute Gasteiger partial charge is 0.305 e. The average Bonchev–Trinajstić information content (AvgIpc) is 2.30. The van der Waals surface area contributed by atoms with Crippen LogP contribution >= 0.6 is 0 Å². The van der Waals surface area contributed by atoms with E-state index in [-0.39, 0.29) is 0 Å². The van der Waals surface area contributed by atoms with E-state index in [0.29, 0.717) is 6.54 Å². The Morgan fingerprint density at radius 1 is 1.12 bits per heavy atom. The number of aryl methyl sites for hydroxylation is 1. The lowest BCUT2D eigenvalue weighted by molar-refractivity contribution is 0.663. The average molecular weight is 214 g/mol. The topological polar surface area (TPSA) is 50.7 Å². The fourth-order valence-corrected chi connectivity index (χ4v) is 1.44. The summed E-state index contributed by atoms with van der Waals surface area (Å²) in [6.45, 7) is 3.45. The standard InChI is InChI=1S/C12H14N4/c1-10-3-2-4-11(16-10)7-14-9-12-8-13-5-6-15-12/h2-6,8,14H,7,9H2,1H3. The van der Waals surface area contributed by atoms with Crippen molar-refractivity contribution in [3.05, 3.63) is 53.9 Å². The predicted molar refractivity (Wildman–Crippen MR) is 61.5 cm³/mol. The molecule has 0 aliphatic heterocycles. The van der Waals surface area contributed by atoms with Crippen LogP contribution in [-0.4, -0.2) is 15.0 Å². The maximum absolute atomic E-state index is 4.41. The molecule has 0 radical (unpaired) electrons. The van der Waals surface area contributed by atoms with Gasteiger partial charge in [-0.05, 0) is 19.1 Å². The van der Waals surface area contributed by atoms with Crippen LogP contribution in [0.3, 0.4) is 0 Å². The highest BCUT2D eigenvalue weighted by Crippen LogP contribution is 1.98. The van der Waals surface area contributed by atoms with E-state index >= 15 is 0 Å². The summed E-state index contributed by atoms with van der Waals surface area (Å²) in [6.07, 6.45) is 5.13. The van der Waals surface area contributed by atoms with Crippen molar-refractivity contribution in [2.75, 3.05) is 0 Å². The van der Waals surface area contributed by atoms with E-state index in [0.717, 1.165) is 23.6 Å². The van der Waals surface area contributed by atoms with Crippen LogP contribution in [0.25, 0.3) is 0 Å². The van der Waals surface area contributed by atoms with Crippen LogP contribution in [0.15, 0.2) is 36.8 Å². The predicted octanol–water partition coefficient (Wildman–Crippen LogP) is 1.47. The first kappa shape index (κ1) is 10.7. The second kappa shape index (κ2) is 5.32. The van der Waals surface area contributed by atoms with E-state index in [4.69, 9.17) is 0 Å². The fraction of sp³-hybridized carbons (Fsp3) is 0.250. The van der Waals surface area contributed by atoms with Gasteiger partial charge in [-0.25, -0.2) is 0 Å². The lowest BCUT2D eigenvalue weighted by Crippen LogP contribution is -2.14. The van der Waals surface area contributed by atoms with E-state index < -0.39 is 0 Å². The first-order valence-electron chi connectivity index (χ1n) is 5.23. The smallest absolute Gasteiger partial charge is 0.0724 e. The molecule has 2 aromatic heterocycles. The van der Waals surface area contributed by atoms with Gasteiger partial charge in [-0.15, -0.1) is 0 Å². The van der Waals surface area contributed by atoms with Crippen molar-refractivity contribution in [3.63, 3.8) is 0 Å². The zero-order valence-corrected chi connectivity index (χ0v) is 9.22. The first-order valence-corrected chi connectivity index (χ1v) is 5.23. The Morgan fingerprint density at radius 3 is 2.75 bits per heavy atom. The third-order valence-corrected chi connectivity index (χ3v) is 2.17. The Balaban J connectivity index is 1.85. The minimum absolute atomic E-state index is 0.712. The van der Waals surface area contributed by atoms with Gasteiger partial charge >= 0.3 is 0 Å². The summed E-state index contributed by atoms with van der Waals surface area (Å²) in [5.74, 6) is 0. The second-order valence-corrected chi connectivity index (χ2v) is 3.57. The lowest BCUT2D eigenvalue weighted by atomic mass is 10.3. The molecule has 1 N–H and O–H groups in total. The SMILES string of the molecule is Cc1cccc(CNCc2cnccn2)n1. The second-order valence-electron chi connectivity index (χ2n) is 3.57. The number of nitrogens with one attached hydrogen (secondary N) is 1. The zero-order chi connectivity index (χ0) is 11.2. The van der Waals surface area contributed by atoms with Crippen molar-refractivity contribution < 1.29 is 0 Å². The van der Waals surface area contributed by atoms with Crippen LogP contribution in [0.2, 0.25) is 0 Å². The van der Waals surface area contributed by atoms with Gasteiger partial charge in [-0.2, -0.15) is 0 Å². The van der Waals surface area contributed by atoms with Gasteiger partial charge in [-0.3, -0.25) is 15.0 Å². The summed E-state index contributed by atoms with van der Waals surface area (Å²) >= 11 is 0. The quantitative estimate of drug-likeness (QED) is 0.837. The van der Waals surface area contributed by atoms with Crippen LogP contribution < -0.4 is 5.32 Å². The molecule has 0 saturated carbocycles. The number of pyridine rings is 1. The molecule has 2 aromatic rings. The molecular weight excluding hydrogens is 200 g/mol. The first-order chi connectivity index (χ1) is 7.84. The van der Waals surface area contributed by atoms with E-state index in [9.17, 15) is 0 Å². The Kier molecular flexibility index (Phi) is 3.56. The van der Waals surface area contributed by atoms with Gasteiger partial charge in [0.05, 0.1) is 11.4 Å². The van der Waals surface area contributed by atoms with Crippen LogP contribution in [0.1, 0.15) is 17.1 Å². The molecule has 2 heterocycles. The molecular formula is C12H14N4. The summed E-state index contributed by atoms with van der Waals surface area (Å²) in [4.78, 5) is 12.6. The molecule has 16 heavy (non-hydrogen) atoms. The normalized spacial score (nSPS) is 10.3. The van der Waals surface area contributed by atoms with Gasteiger partial charge in [-0.1, -0.05) is 6.07 Å². The van der Waals surface area contributed by atoms with Crippen LogP contribution in [0, 0.1) is 6.92 Å². The molecule has 4 nitrogen and oxygen atoms in total. The summed E-state index contributed by atoms with van der Waals surface area (Å²) < 4.78 is 0. The van der Waals surface area contributed by atoms with Crippen molar-refractivity contribution in [2.24, 2.45) is 0 Å². The molecule has 0 aromatic carbocycles. The molecule has 0 spiro atoms. The van der Waals surface area contributed by atoms with Crippen LogP contribution in [-0.2, 0) is 13.1 Å². The van der Waals surface area contributed by atoms with Gasteiger partial charge in [0.1, 0.15) is 0 Å². The van der Waals surface area contributed by atoms with Crippen molar-refractivity contribution in [1.29, 1.82) is 0 Å². The Hall–Kier alpha value is -1.81. The van der Waals surface area contributed by atoms with E-state index in [1.807, 2.05) is 25.1 Å². The van der Waals surface area contributed by atoms with E-state index in [1.54, 1.807) is 18.6 Å². The minimum Gasteiger partial charge on any atom is -0.305 e. The number of aromatic nitrogens is 3. The highest BCUT2D eigenvalue weighted by molar-refractivity contribution is 5.09. The third kappa shape index (κ3) is 3.10. The Bertz CT molecular complexity index is 442. The molecule has 0 aliphatic rings. The fourth-order valence-electron chi connectivity index (χ4n) is 1.44. The summed E-state index contributed by atoms with van der Waals surface area (Å²) in [5.41, 5.74) is 3.03. The molecule has 0 amide bonds. The molecule has 0 atom stereocenters. The zero-order valence-electron chi connectivity index (χ0n) is 9.22. The Labute approximate surface area is 94.8 Å². The maximum atomic E-state index is 4.41. The number of hydrogen-bond acceptors (Lipinski definition) is 4. The Morgan fingerprint density at radius 2 is 2.00 bits per heavy atom. The van der Waals surface area contributed by atoms with E-state index in [1.165, 1.54) is 0 Å². The lowest BCUT2D eigenvalue weighted by Gasteiger charge is -2.04. The monoisotopic (exact) mass is 214 g/mol. The maximum Gasteiger partial charge on any atom is 0.0724 e.